The maximum atomic E-state index is 6.50. The third-order valence-electron chi connectivity index (χ3n) is 12.6. The number of fused-ring (bicyclic) bond motifs is 5. The van der Waals surface area contributed by atoms with Gasteiger partial charge in [0.15, 0.2) is 0 Å². The molecule has 1 spiro atoms. The molecule has 190 valence electrons. The Bertz CT molecular complexity index is 705. The van der Waals surface area contributed by atoms with Crippen molar-refractivity contribution >= 4 is 0 Å². The minimum Gasteiger partial charge on any atom is -0.359 e. The highest BCUT2D eigenvalue weighted by molar-refractivity contribution is 5.13. The Morgan fingerprint density at radius 1 is 0.818 bits per heavy atom. The molecule has 0 aromatic carbocycles. The van der Waals surface area contributed by atoms with E-state index in [-0.39, 0.29) is 5.72 Å². The second-order valence-corrected chi connectivity index (χ2v) is 14.6. The molecule has 5 rings (SSSR count). The van der Waals surface area contributed by atoms with E-state index in [4.69, 9.17) is 4.74 Å². The Labute approximate surface area is 205 Å². The minimum atomic E-state index is -0.0243. The topological polar surface area (TPSA) is 21.3 Å². The van der Waals surface area contributed by atoms with Gasteiger partial charge in [-0.25, -0.2) is 0 Å². The molecular formula is C31H55NO. The van der Waals surface area contributed by atoms with Gasteiger partial charge in [0, 0.05) is 12.0 Å². The van der Waals surface area contributed by atoms with Gasteiger partial charge >= 0.3 is 0 Å². The van der Waals surface area contributed by atoms with Gasteiger partial charge in [-0.05, 0) is 111 Å². The molecule has 33 heavy (non-hydrogen) atoms. The van der Waals surface area contributed by atoms with Gasteiger partial charge in [0.05, 0.1) is 6.61 Å². The molecule has 1 saturated heterocycles. The summed E-state index contributed by atoms with van der Waals surface area (Å²) in [6.45, 7) is 18.6. The van der Waals surface area contributed by atoms with E-state index in [1.165, 1.54) is 70.6 Å². The van der Waals surface area contributed by atoms with Crippen LogP contribution in [0.4, 0.5) is 0 Å². The van der Waals surface area contributed by atoms with Gasteiger partial charge in [-0.1, -0.05) is 60.8 Å². The third kappa shape index (κ3) is 3.87. The van der Waals surface area contributed by atoms with Gasteiger partial charge in [-0.2, -0.15) is 0 Å². The summed E-state index contributed by atoms with van der Waals surface area (Å²) in [6, 6.07) is 0.515. The van der Waals surface area contributed by atoms with Crippen LogP contribution < -0.4 is 5.32 Å². The van der Waals surface area contributed by atoms with Crippen molar-refractivity contribution in [2.45, 2.75) is 131 Å². The van der Waals surface area contributed by atoms with E-state index in [0.717, 1.165) is 48.0 Å². The van der Waals surface area contributed by atoms with E-state index in [9.17, 15) is 0 Å². The number of rotatable bonds is 5. The van der Waals surface area contributed by atoms with Crippen molar-refractivity contribution < 1.29 is 4.74 Å². The van der Waals surface area contributed by atoms with E-state index >= 15 is 0 Å². The SMILES string of the molecule is CC(C)CCC[C@@H](C)[C@H]1CC[C@H]2[C@@H]3CC[C@H]4C(C)C5(CC[C@]4(C)[C@H]3CC[C@]12C)NC(C)CO5. The Kier molecular flexibility index (Phi) is 6.55. The molecule has 11 atom stereocenters. The smallest absolute Gasteiger partial charge is 0.122 e. The monoisotopic (exact) mass is 457 g/mol. The lowest BCUT2D eigenvalue weighted by atomic mass is 9.42. The largest absolute Gasteiger partial charge is 0.359 e. The van der Waals surface area contributed by atoms with Crippen molar-refractivity contribution in [3.63, 3.8) is 0 Å². The van der Waals surface area contributed by atoms with Crippen molar-refractivity contribution in [3.05, 3.63) is 0 Å². The second-order valence-electron chi connectivity index (χ2n) is 14.6. The zero-order chi connectivity index (χ0) is 23.6. The molecule has 4 saturated carbocycles. The summed E-state index contributed by atoms with van der Waals surface area (Å²) in [5, 5.41) is 3.90. The first-order valence-electron chi connectivity index (χ1n) is 15.0. The number of nitrogens with one attached hydrogen (secondary N) is 1. The highest BCUT2D eigenvalue weighted by atomic mass is 16.5. The average molecular weight is 458 g/mol. The van der Waals surface area contributed by atoms with E-state index < -0.39 is 0 Å². The molecule has 0 aromatic heterocycles. The van der Waals surface area contributed by atoms with Gasteiger partial charge < -0.3 is 4.74 Å². The van der Waals surface area contributed by atoms with Crippen LogP contribution in [-0.2, 0) is 4.74 Å². The molecule has 1 heterocycles. The predicted molar refractivity (Wildman–Crippen MR) is 139 cm³/mol. The molecule has 1 aliphatic heterocycles. The molecule has 3 unspecified atom stereocenters. The highest BCUT2D eigenvalue weighted by Gasteiger charge is 2.64. The molecule has 5 fully saturated rings. The zero-order valence-electron chi connectivity index (χ0n) is 23.1. The maximum Gasteiger partial charge on any atom is 0.122 e. The van der Waals surface area contributed by atoms with Crippen molar-refractivity contribution in [1.29, 1.82) is 0 Å². The van der Waals surface area contributed by atoms with Crippen molar-refractivity contribution in [2.75, 3.05) is 6.61 Å². The van der Waals surface area contributed by atoms with Crippen LogP contribution >= 0.6 is 0 Å². The van der Waals surface area contributed by atoms with Crippen LogP contribution in [0.3, 0.4) is 0 Å². The molecule has 1 N–H and O–H groups in total. The summed E-state index contributed by atoms with van der Waals surface area (Å²) in [7, 11) is 0. The average Bonchev–Trinajstić information content (AvgIpc) is 3.31. The summed E-state index contributed by atoms with van der Waals surface area (Å²) in [5.74, 6) is 7.20. The van der Waals surface area contributed by atoms with Crippen LogP contribution in [0.2, 0.25) is 0 Å². The summed E-state index contributed by atoms with van der Waals surface area (Å²) < 4.78 is 6.50. The Morgan fingerprint density at radius 2 is 1.55 bits per heavy atom. The summed E-state index contributed by atoms with van der Waals surface area (Å²) >= 11 is 0. The third-order valence-corrected chi connectivity index (χ3v) is 12.6. The molecule has 0 radical (unpaired) electrons. The summed E-state index contributed by atoms with van der Waals surface area (Å²) in [4.78, 5) is 0. The molecule has 0 amide bonds. The first-order chi connectivity index (χ1) is 15.6. The molecule has 2 nitrogen and oxygen atoms in total. The van der Waals surface area contributed by atoms with Gasteiger partial charge in [0.25, 0.3) is 0 Å². The van der Waals surface area contributed by atoms with E-state index in [1.807, 2.05) is 0 Å². The lowest BCUT2D eigenvalue weighted by Crippen LogP contribution is -2.62. The lowest BCUT2D eigenvalue weighted by Gasteiger charge is -2.64. The number of hydrogen-bond donors (Lipinski definition) is 1. The quantitative estimate of drug-likeness (QED) is 0.451. The van der Waals surface area contributed by atoms with Gasteiger partial charge in [0.1, 0.15) is 5.72 Å². The van der Waals surface area contributed by atoms with Crippen molar-refractivity contribution in [2.24, 2.45) is 58.2 Å². The van der Waals surface area contributed by atoms with E-state index in [2.05, 4.69) is 53.8 Å². The molecule has 0 bridgehead atoms. The normalized spacial score (nSPS) is 52.5. The predicted octanol–water partition coefficient (Wildman–Crippen LogP) is 8.06. The van der Waals surface area contributed by atoms with Crippen LogP contribution in [0, 0.1) is 58.2 Å². The Hall–Kier alpha value is -0.0800. The summed E-state index contributed by atoms with van der Waals surface area (Å²) in [6.07, 6.45) is 15.9. The summed E-state index contributed by atoms with van der Waals surface area (Å²) in [5.41, 5.74) is 1.13. The fraction of sp³-hybridized carbons (Fsp3) is 1.00. The van der Waals surface area contributed by atoms with Crippen LogP contribution in [0.15, 0.2) is 0 Å². The van der Waals surface area contributed by atoms with Crippen LogP contribution in [0.1, 0.15) is 119 Å². The Balaban J connectivity index is 1.30. The van der Waals surface area contributed by atoms with Gasteiger partial charge in [-0.3, -0.25) is 5.32 Å². The van der Waals surface area contributed by atoms with Crippen molar-refractivity contribution in [3.8, 4) is 0 Å². The van der Waals surface area contributed by atoms with Crippen molar-refractivity contribution in [1.82, 2.24) is 5.32 Å². The first kappa shape index (κ1) is 24.6. The highest BCUT2D eigenvalue weighted by Crippen LogP contribution is 2.69. The fourth-order valence-electron chi connectivity index (χ4n) is 10.9. The molecule has 0 aromatic rings. The lowest BCUT2D eigenvalue weighted by molar-refractivity contribution is -0.190. The molecule has 5 aliphatic rings. The Morgan fingerprint density at radius 3 is 2.24 bits per heavy atom. The van der Waals surface area contributed by atoms with Gasteiger partial charge in [0.2, 0.25) is 0 Å². The molecular weight excluding hydrogens is 402 g/mol. The zero-order valence-corrected chi connectivity index (χ0v) is 23.1. The number of ether oxygens (including phenoxy) is 1. The fourth-order valence-corrected chi connectivity index (χ4v) is 10.9. The standard InChI is InChI=1S/C31H55NO/c1-20(2)9-8-10-21(3)25-13-14-27-24-11-12-26-23(5)31(32-22(4)19-33-31)18-17-30(26,7)28(24)15-16-29(25,27)6/h20-28,32H,8-19H2,1-7H3/t21-,22?,23?,24+,25-,26+,27+,28+,29-,30+,31?/m1/s1. The minimum absolute atomic E-state index is 0.0243. The second kappa shape index (κ2) is 8.79. The number of hydrogen-bond acceptors (Lipinski definition) is 2. The molecule has 2 heteroatoms. The van der Waals surface area contributed by atoms with E-state index in [0.29, 0.717) is 22.8 Å². The van der Waals surface area contributed by atoms with Crippen LogP contribution in [0.25, 0.3) is 0 Å². The van der Waals surface area contributed by atoms with Crippen LogP contribution in [0.5, 0.6) is 0 Å². The van der Waals surface area contributed by atoms with E-state index in [1.54, 1.807) is 0 Å². The maximum absolute atomic E-state index is 6.50. The first-order valence-corrected chi connectivity index (χ1v) is 15.0. The van der Waals surface area contributed by atoms with Gasteiger partial charge in [-0.15, -0.1) is 0 Å². The van der Waals surface area contributed by atoms with Crippen LogP contribution in [-0.4, -0.2) is 18.4 Å². The molecule has 4 aliphatic carbocycles.